The van der Waals surface area contributed by atoms with Gasteiger partial charge in [0, 0.05) is 38.9 Å². The van der Waals surface area contributed by atoms with Crippen LogP contribution in [0.2, 0.25) is 0 Å². The molecule has 1 aromatic heterocycles. The molecule has 2 saturated heterocycles. The Hall–Kier alpha value is -3.56. The maximum atomic E-state index is 17.5. The van der Waals surface area contributed by atoms with Gasteiger partial charge in [0.15, 0.2) is 45.7 Å². The van der Waals surface area contributed by atoms with Crippen LogP contribution < -0.4 is 0 Å². The van der Waals surface area contributed by atoms with Gasteiger partial charge in [0.25, 0.3) is 0 Å². The number of rotatable bonds is 5. The van der Waals surface area contributed by atoms with Gasteiger partial charge >= 0.3 is 0 Å². The molecule has 11 nitrogen and oxygen atoms in total. The fourth-order valence-electron chi connectivity index (χ4n) is 16.5. The molecule has 12 rings (SSSR count). The first-order chi connectivity index (χ1) is 34.3. The van der Waals surface area contributed by atoms with Crippen molar-refractivity contribution < 1.29 is 79.1 Å². The van der Waals surface area contributed by atoms with Crippen molar-refractivity contribution in [3.05, 3.63) is 83.7 Å². The highest BCUT2D eigenvalue weighted by Crippen LogP contribution is 2.75. The SMILES string of the molecule is C.C.CC1(C)O[C@@H]2C[C@H]3[C@@H]4C[C@H](F)C5=CC(=O)C=C[C@]5(C)[C@@]4(F)[C@@H](O)C[C@]3(C)[C@]2(C(=O)SCF)O1.C[C@]12C=CC(=O)C=C1[C@@H](F)C[C@H]1[C@@H]3C[C@H]4OC(c5cc6ccccc6o5)O[C@@]4(C(=O)SCF)[C@@]3(C)C[C@H](O)[C@@]12F. The van der Waals surface area contributed by atoms with E-state index in [1.165, 1.54) is 38.2 Å². The number of alkyl halides is 6. The van der Waals surface area contributed by atoms with Crippen LogP contribution in [0.15, 0.2) is 82.4 Å². The van der Waals surface area contributed by atoms with Crippen LogP contribution in [0.5, 0.6) is 0 Å². The van der Waals surface area contributed by atoms with E-state index in [-0.39, 0.29) is 64.5 Å². The van der Waals surface area contributed by atoms with Crippen LogP contribution >= 0.6 is 23.5 Å². The number of furan rings is 1. The minimum absolute atomic E-state index is 0. The number of benzene rings is 1. The molecule has 8 fully saturated rings. The Balaban J connectivity index is 0.000000182. The summed E-state index contributed by atoms with van der Waals surface area (Å²) in [6, 6.07) is 7.14. The fourth-order valence-corrected chi connectivity index (χ4v) is 18.0. The number of hydrogen-bond donors (Lipinski definition) is 2. The van der Waals surface area contributed by atoms with Gasteiger partial charge in [-0.05, 0) is 126 Å². The van der Waals surface area contributed by atoms with Crippen molar-refractivity contribution in [3.8, 4) is 0 Å². The Kier molecular flexibility index (Phi) is 13.7. The van der Waals surface area contributed by atoms with Gasteiger partial charge in [-0.3, -0.25) is 19.2 Å². The minimum atomic E-state index is -2.31. The number of fused-ring (bicyclic) bond motifs is 15. The Bertz CT molecular complexity index is 2810. The Morgan fingerprint density at radius 2 is 1.16 bits per heavy atom. The molecule has 19 heteroatoms. The molecule has 0 bridgehead atoms. The van der Waals surface area contributed by atoms with Crippen LogP contribution in [0.3, 0.4) is 0 Å². The largest absolute Gasteiger partial charge is 0.456 e. The second kappa shape index (κ2) is 18.2. The van der Waals surface area contributed by atoms with Gasteiger partial charge in [-0.25, -0.2) is 26.3 Å². The maximum Gasteiger partial charge on any atom is 0.226 e. The zero-order valence-corrected chi connectivity index (χ0v) is 42.6. The zero-order chi connectivity index (χ0) is 52.4. The predicted octanol–water partition coefficient (Wildman–Crippen LogP) is 11.0. The molecule has 10 aliphatic rings. The van der Waals surface area contributed by atoms with Crippen LogP contribution in [0.25, 0.3) is 11.0 Å². The molecule has 2 aromatic rings. The van der Waals surface area contributed by atoms with E-state index in [0.717, 1.165) is 17.5 Å². The second-order valence-corrected chi connectivity index (χ2v) is 24.9. The average Bonchev–Trinajstić information content (AvgIpc) is 4.11. The summed E-state index contributed by atoms with van der Waals surface area (Å²) in [4.78, 5) is 51.1. The molecular weight excluding hydrogens is 1030 g/mol. The van der Waals surface area contributed by atoms with Gasteiger partial charge in [-0.1, -0.05) is 82.6 Å². The third kappa shape index (κ3) is 7.11. The smallest absolute Gasteiger partial charge is 0.226 e. The van der Waals surface area contributed by atoms with E-state index in [2.05, 4.69) is 0 Å². The van der Waals surface area contributed by atoms with Crippen molar-refractivity contribution in [1.29, 1.82) is 0 Å². The van der Waals surface area contributed by atoms with Gasteiger partial charge in [0.2, 0.25) is 16.5 Å². The van der Waals surface area contributed by atoms with Crippen LogP contribution in [0, 0.1) is 45.3 Å². The molecule has 2 N–H and O–H groups in total. The molecule has 0 radical (unpaired) electrons. The monoisotopic (exact) mass is 1090 g/mol. The van der Waals surface area contributed by atoms with E-state index in [9.17, 15) is 38.2 Å². The number of para-hydroxylation sites is 1. The number of aliphatic hydroxyl groups excluding tert-OH is 2. The molecule has 0 spiro atoms. The molecule has 0 amide bonds. The van der Waals surface area contributed by atoms with E-state index in [1.54, 1.807) is 39.8 Å². The fraction of sp³-hybridized carbons (Fsp3) is 0.643. The Labute approximate surface area is 441 Å². The number of halogens is 6. The molecule has 3 heterocycles. The number of thioether (sulfide) groups is 2. The lowest BCUT2D eigenvalue weighted by molar-refractivity contribution is -0.246. The van der Waals surface area contributed by atoms with Crippen LogP contribution in [0.1, 0.15) is 107 Å². The van der Waals surface area contributed by atoms with E-state index in [1.807, 2.05) is 18.2 Å². The first-order valence-electron chi connectivity index (χ1n) is 24.8. The van der Waals surface area contributed by atoms with Crippen molar-refractivity contribution in [1.82, 2.24) is 0 Å². The minimum Gasteiger partial charge on any atom is -0.456 e. The van der Waals surface area contributed by atoms with Crippen molar-refractivity contribution in [3.63, 3.8) is 0 Å². The summed E-state index contributed by atoms with van der Waals surface area (Å²) in [5, 5.41) is 22.6. The van der Waals surface area contributed by atoms with Crippen molar-refractivity contribution in [2.24, 2.45) is 45.3 Å². The molecular formula is C56H66F6O11S2. The van der Waals surface area contributed by atoms with E-state index >= 15 is 17.6 Å². The lowest BCUT2D eigenvalue weighted by Gasteiger charge is -2.63. The number of ketones is 2. The molecule has 8 aliphatic carbocycles. The summed E-state index contributed by atoms with van der Waals surface area (Å²) in [5.41, 5.74) is -12.6. The molecule has 2 aliphatic heterocycles. The predicted molar refractivity (Wildman–Crippen MR) is 269 cm³/mol. The molecule has 410 valence electrons. The zero-order valence-electron chi connectivity index (χ0n) is 41.0. The quantitative estimate of drug-likeness (QED) is 0.273. The third-order valence-corrected chi connectivity index (χ3v) is 21.0. The highest BCUT2D eigenvalue weighted by atomic mass is 32.2. The molecule has 19 atom stereocenters. The van der Waals surface area contributed by atoms with E-state index < -0.39 is 151 Å². The highest BCUT2D eigenvalue weighted by Gasteiger charge is 2.82. The summed E-state index contributed by atoms with van der Waals surface area (Å²) in [7, 11) is 0. The summed E-state index contributed by atoms with van der Waals surface area (Å²) < 4.78 is 124. The summed E-state index contributed by atoms with van der Waals surface area (Å²) in [5.74, 6) is -4.77. The van der Waals surface area contributed by atoms with Gasteiger partial charge in [-0.2, -0.15) is 0 Å². The van der Waals surface area contributed by atoms with Gasteiger partial charge in [0.1, 0.15) is 29.9 Å². The molecule has 1 unspecified atom stereocenters. The number of carbonyl (C=O) groups excluding carboxylic acids is 4. The van der Waals surface area contributed by atoms with Crippen molar-refractivity contribution >= 4 is 56.3 Å². The summed E-state index contributed by atoms with van der Waals surface area (Å²) >= 11 is 0.933. The third-order valence-electron chi connectivity index (χ3n) is 19.6. The van der Waals surface area contributed by atoms with Crippen LogP contribution in [0.4, 0.5) is 26.3 Å². The lowest BCUT2D eigenvalue weighted by Crippen LogP contribution is -2.70. The number of carbonyl (C=O) groups is 4. The van der Waals surface area contributed by atoms with Crippen molar-refractivity contribution in [2.75, 3.05) is 12.0 Å². The molecule has 1 aromatic carbocycles. The number of hydrogen-bond acceptors (Lipinski definition) is 13. The first kappa shape index (κ1) is 56.2. The molecule has 6 saturated carbocycles. The Morgan fingerprint density at radius 1 is 0.680 bits per heavy atom. The average molecular weight is 1090 g/mol. The van der Waals surface area contributed by atoms with Crippen LogP contribution in [-0.2, 0) is 38.1 Å². The normalized spacial score (nSPS) is 47.1. The number of allylic oxidation sites excluding steroid dienone is 8. The summed E-state index contributed by atoms with van der Waals surface area (Å²) in [6.45, 7) is 9.87. The van der Waals surface area contributed by atoms with Gasteiger partial charge < -0.3 is 33.6 Å². The molecule has 75 heavy (non-hydrogen) atoms. The highest BCUT2D eigenvalue weighted by molar-refractivity contribution is 8.14. The van der Waals surface area contributed by atoms with Gasteiger partial charge in [-0.15, -0.1) is 0 Å². The van der Waals surface area contributed by atoms with Crippen LogP contribution in [-0.4, -0.2) is 109 Å². The first-order valence-corrected chi connectivity index (χ1v) is 26.8. The standard InChI is InChI=1S/C30H29F3O6S.C24H29F3O5S.2CH4/c1-27-8-7-16(34)10-19(27)20(32)11-18-17-12-24-30(26(36)40-14-31,28(17,2)13-23(35)29(18,27)33)39-25(38-24)22-9-15-5-3-4-6-21(15)37-22;1-20(2)31-18-9-13-14-8-16(26)15-7-12(28)5-6-21(15,3)23(14,27)17(29)10-22(13,4)24(18,32-20)19(30)33-11-25;;/h3-10,17-18,20,23-25,35H,11-14H2,1-2H3;5-7,13-14,16-18,29H,8-11H2,1-4H3;2*1H4/t17-,18-,20-,23-,24+,25?,27-,28-,29-,30-;13-,14-,16-,17-,18+,21-,22-,23-,24-;;/m00../s1. The lowest BCUT2D eigenvalue weighted by atomic mass is 9.44. The number of aliphatic hydroxyl groups is 2. The second-order valence-electron chi connectivity index (χ2n) is 23.1. The number of ether oxygens (including phenoxy) is 4. The maximum absolute atomic E-state index is 17.5. The van der Waals surface area contributed by atoms with Gasteiger partial charge in [0.05, 0.1) is 24.4 Å². The van der Waals surface area contributed by atoms with E-state index in [4.69, 9.17) is 23.4 Å². The topological polar surface area (TPSA) is 159 Å². The van der Waals surface area contributed by atoms with Crippen molar-refractivity contribution in [2.45, 2.75) is 166 Å². The summed E-state index contributed by atoms with van der Waals surface area (Å²) in [6.07, 6.45) is -2.08. The Morgan fingerprint density at radius 3 is 1.67 bits per heavy atom. The van der Waals surface area contributed by atoms with E-state index in [0.29, 0.717) is 34.9 Å².